The molecule has 0 unspecified atom stereocenters. The topological polar surface area (TPSA) is 96.6 Å². The summed E-state index contributed by atoms with van der Waals surface area (Å²) >= 11 is 0. The molecular formula is C20H30N4O4. The fraction of sp³-hybridized carbons (Fsp3) is 0.550. The molecule has 0 spiro atoms. The number of rotatable bonds is 9. The molecule has 2 rings (SSSR count). The Kier molecular flexibility index (Phi) is 7.39. The van der Waals surface area contributed by atoms with Crippen molar-refractivity contribution in [1.82, 2.24) is 20.2 Å². The number of H-pyrrole nitrogens is 1. The summed E-state index contributed by atoms with van der Waals surface area (Å²) in [5, 5.41) is 3.42. The number of nitrogens with one attached hydrogen (secondary N) is 2. The molecule has 8 nitrogen and oxygen atoms in total. The van der Waals surface area contributed by atoms with Crippen molar-refractivity contribution >= 4 is 16.8 Å². The summed E-state index contributed by atoms with van der Waals surface area (Å²) in [5.74, 6) is 1.80. The zero-order chi connectivity index (χ0) is 20.8. The summed E-state index contributed by atoms with van der Waals surface area (Å²) in [6.07, 6.45) is 0. The average Bonchev–Trinajstić information content (AvgIpc) is 2.66. The van der Waals surface area contributed by atoms with E-state index >= 15 is 0 Å². The van der Waals surface area contributed by atoms with E-state index in [4.69, 9.17) is 9.47 Å². The molecule has 2 N–H and O–H groups in total. The fourth-order valence-electron chi connectivity index (χ4n) is 2.75. The molecule has 0 aliphatic rings. The van der Waals surface area contributed by atoms with Crippen molar-refractivity contribution in [2.45, 2.75) is 40.3 Å². The van der Waals surface area contributed by atoms with E-state index in [1.807, 2.05) is 18.7 Å². The number of aromatic amines is 1. The Hall–Kier alpha value is -2.61. The van der Waals surface area contributed by atoms with Gasteiger partial charge in [-0.15, -0.1) is 0 Å². The number of benzene rings is 1. The first-order valence-electron chi connectivity index (χ1n) is 9.45. The van der Waals surface area contributed by atoms with Gasteiger partial charge in [0.25, 0.3) is 5.56 Å². The third-order valence-electron chi connectivity index (χ3n) is 4.84. The number of fused-ring (bicyclic) bond motifs is 1. The van der Waals surface area contributed by atoms with Gasteiger partial charge in [-0.05, 0) is 25.5 Å². The molecule has 1 heterocycles. The Labute approximate surface area is 165 Å². The number of amides is 1. The van der Waals surface area contributed by atoms with Crippen LogP contribution in [0.15, 0.2) is 16.9 Å². The lowest BCUT2D eigenvalue weighted by molar-refractivity contribution is -0.123. The molecule has 0 radical (unpaired) electrons. The maximum absolute atomic E-state index is 12.5. The summed E-state index contributed by atoms with van der Waals surface area (Å²) < 4.78 is 10.5. The third-order valence-corrected chi connectivity index (χ3v) is 4.84. The molecule has 8 heteroatoms. The van der Waals surface area contributed by atoms with Crippen LogP contribution in [0.3, 0.4) is 0 Å². The second-order valence-corrected chi connectivity index (χ2v) is 7.14. The van der Waals surface area contributed by atoms with Crippen molar-refractivity contribution in [2.75, 3.05) is 27.3 Å². The van der Waals surface area contributed by atoms with Gasteiger partial charge in [-0.2, -0.15) is 0 Å². The number of carbonyl (C=O) groups excluding carboxylic acids is 1. The van der Waals surface area contributed by atoms with Crippen molar-refractivity contribution in [1.29, 1.82) is 0 Å². The largest absolute Gasteiger partial charge is 0.493 e. The van der Waals surface area contributed by atoms with Crippen LogP contribution in [-0.2, 0) is 11.3 Å². The van der Waals surface area contributed by atoms with E-state index in [2.05, 4.69) is 29.1 Å². The van der Waals surface area contributed by atoms with Gasteiger partial charge in [0.2, 0.25) is 5.91 Å². The van der Waals surface area contributed by atoms with Gasteiger partial charge < -0.3 is 19.8 Å². The van der Waals surface area contributed by atoms with Crippen molar-refractivity contribution in [3.8, 4) is 11.5 Å². The summed E-state index contributed by atoms with van der Waals surface area (Å²) in [5.41, 5.74) is 0.264. The van der Waals surface area contributed by atoms with Gasteiger partial charge in [0.05, 0.1) is 38.2 Å². The van der Waals surface area contributed by atoms with Crippen molar-refractivity contribution < 1.29 is 14.3 Å². The van der Waals surface area contributed by atoms with Crippen LogP contribution in [0.1, 0.15) is 33.5 Å². The number of methoxy groups -OCH3 is 2. The number of carbonyl (C=O) groups is 1. The standard InChI is InChI=1S/C20H30N4O4/c1-7-24(11-19(25)21-13(4)12(2)3)10-18-22-15-9-17(28-6)16(27-5)8-14(15)20(26)23-18/h8-9,12-13H,7,10-11H2,1-6H3,(H,21,25)(H,22,23,26)/t13-/m1/s1. The molecule has 154 valence electrons. The Morgan fingerprint density at radius 2 is 1.86 bits per heavy atom. The molecular weight excluding hydrogens is 360 g/mol. The predicted molar refractivity (Wildman–Crippen MR) is 109 cm³/mol. The fourth-order valence-corrected chi connectivity index (χ4v) is 2.75. The van der Waals surface area contributed by atoms with Gasteiger partial charge in [-0.1, -0.05) is 20.8 Å². The van der Waals surface area contributed by atoms with E-state index in [9.17, 15) is 9.59 Å². The number of aromatic nitrogens is 2. The normalized spacial score (nSPS) is 12.4. The highest BCUT2D eigenvalue weighted by Crippen LogP contribution is 2.29. The first-order chi connectivity index (χ1) is 13.3. The molecule has 1 amide bonds. The molecule has 1 aromatic heterocycles. The van der Waals surface area contributed by atoms with Crippen LogP contribution in [0, 0.1) is 5.92 Å². The summed E-state index contributed by atoms with van der Waals surface area (Å²) in [6, 6.07) is 3.40. The number of ether oxygens (including phenoxy) is 2. The first-order valence-corrected chi connectivity index (χ1v) is 9.45. The quantitative estimate of drug-likeness (QED) is 0.679. The van der Waals surface area contributed by atoms with Gasteiger partial charge in [-0.25, -0.2) is 4.98 Å². The van der Waals surface area contributed by atoms with Gasteiger partial charge in [0, 0.05) is 12.1 Å². The van der Waals surface area contributed by atoms with Crippen LogP contribution in [0.2, 0.25) is 0 Å². The van der Waals surface area contributed by atoms with Crippen LogP contribution in [0.4, 0.5) is 0 Å². The minimum atomic E-state index is -0.255. The highest BCUT2D eigenvalue weighted by Gasteiger charge is 2.16. The number of likely N-dealkylation sites (N-methyl/N-ethyl adjacent to an activating group) is 1. The van der Waals surface area contributed by atoms with E-state index < -0.39 is 0 Å². The Morgan fingerprint density at radius 1 is 1.21 bits per heavy atom. The molecule has 1 atom stereocenters. The van der Waals surface area contributed by atoms with Gasteiger partial charge in [0.1, 0.15) is 5.82 Å². The minimum absolute atomic E-state index is 0.0439. The Bertz CT molecular complexity index is 878. The van der Waals surface area contributed by atoms with Crippen LogP contribution in [0.5, 0.6) is 11.5 Å². The lowest BCUT2D eigenvalue weighted by atomic mass is 10.1. The van der Waals surface area contributed by atoms with E-state index in [-0.39, 0.29) is 24.1 Å². The van der Waals surface area contributed by atoms with Gasteiger partial charge >= 0.3 is 0 Å². The maximum Gasteiger partial charge on any atom is 0.258 e. The molecule has 1 aromatic carbocycles. The molecule has 0 saturated carbocycles. The summed E-state index contributed by atoms with van der Waals surface area (Å²) in [6.45, 7) is 9.33. The predicted octanol–water partition coefficient (Wildman–Crippen LogP) is 1.92. The number of hydrogen-bond donors (Lipinski definition) is 2. The molecule has 0 saturated heterocycles. The third kappa shape index (κ3) is 5.22. The Balaban J connectivity index is 2.22. The van der Waals surface area contributed by atoms with Crippen LogP contribution < -0.4 is 20.3 Å². The summed E-state index contributed by atoms with van der Waals surface area (Å²) in [4.78, 5) is 34.0. The van der Waals surface area contributed by atoms with E-state index in [0.717, 1.165) is 0 Å². The smallest absolute Gasteiger partial charge is 0.258 e. The number of nitrogens with zero attached hydrogens (tertiary/aromatic N) is 2. The molecule has 0 fully saturated rings. The van der Waals surface area contributed by atoms with Crippen LogP contribution in [-0.4, -0.2) is 54.1 Å². The molecule has 28 heavy (non-hydrogen) atoms. The van der Waals surface area contributed by atoms with Gasteiger partial charge in [-0.3, -0.25) is 14.5 Å². The zero-order valence-corrected chi connectivity index (χ0v) is 17.5. The second-order valence-electron chi connectivity index (χ2n) is 7.14. The molecule has 2 aromatic rings. The zero-order valence-electron chi connectivity index (χ0n) is 17.5. The highest BCUT2D eigenvalue weighted by molar-refractivity contribution is 5.82. The van der Waals surface area contributed by atoms with E-state index in [0.29, 0.717) is 47.2 Å². The van der Waals surface area contributed by atoms with E-state index in [1.54, 1.807) is 12.1 Å². The SMILES string of the molecule is CCN(CC(=O)N[C@H](C)C(C)C)Cc1nc2cc(OC)c(OC)cc2c(=O)[nH]1. The van der Waals surface area contributed by atoms with E-state index in [1.165, 1.54) is 14.2 Å². The monoisotopic (exact) mass is 390 g/mol. The minimum Gasteiger partial charge on any atom is -0.493 e. The van der Waals surface area contributed by atoms with Crippen molar-refractivity contribution in [3.05, 3.63) is 28.3 Å². The van der Waals surface area contributed by atoms with Crippen LogP contribution in [0.25, 0.3) is 10.9 Å². The lowest BCUT2D eigenvalue weighted by Crippen LogP contribution is -2.42. The van der Waals surface area contributed by atoms with Crippen LogP contribution >= 0.6 is 0 Å². The highest BCUT2D eigenvalue weighted by atomic mass is 16.5. The lowest BCUT2D eigenvalue weighted by Gasteiger charge is -2.22. The first kappa shape index (κ1) is 21.7. The van der Waals surface area contributed by atoms with Gasteiger partial charge in [0.15, 0.2) is 11.5 Å². The summed E-state index contributed by atoms with van der Waals surface area (Å²) in [7, 11) is 3.05. The molecule has 0 aliphatic carbocycles. The molecule has 0 bridgehead atoms. The Morgan fingerprint density at radius 3 is 2.43 bits per heavy atom. The van der Waals surface area contributed by atoms with Crippen molar-refractivity contribution in [3.63, 3.8) is 0 Å². The van der Waals surface area contributed by atoms with Crippen molar-refractivity contribution in [2.24, 2.45) is 5.92 Å². The molecule has 0 aliphatic heterocycles. The average molecular weight is 390 g/mol. The second kappa shape index (κ2) is 9.54. The maximum atomic E-state index is 12.5. The number of hydrogen-bond acceptors (Lipinski definition) is 6.